The average molecular weight is 538 g/mol. The number of nitrogens with zero attached hydrogens (tertiary/aromatic N) is 5. The summed E-state index contributed by atoms with van der Waals surface area (Å²) < 4.78 is 0. The van der Waals surface area contributed by atoms with Crippen LogP contribution in [-0.4, -0.2) is 42.1 Å². The third kappa shape index (κ3) is 5.15. The number of carbonyl (C=O) groups is 1. The van der Waals surface area contributed by atoms with Gasteiger partial charge in [0.1, 0.15) is 0 Å². The van der Waals surface area contributed by atoms with Gasteiger partial charge in [-0.25, -0.2) is 10.5 Å². The van der Waals surface area contributed by atoms with E-state index in [4.69, 9.17) is 23.2 Å². The van der Waals surface area contributed by atoms with Crippen LogP contribution in [0.3, 0.4) is 0 Å². The number of H-pyrrole nitrogens is 1. The number of aliphatic imine (C=N–C) groups is 1. The first-order valence-electron chi connectivity index (χ1n) is 11.2. The molecule has 3 aromatic carbocycles. The van der Waals surface area contributed by atoms with Crippen molar-refractivity contribution < 1.29 is 4.79 Å². The predicted octanol–water partition coefficient (Wildman–Crippen LogP) is 5.83. The molecule has 1 aliphatic rings. The number of hydrazine groups is 1. The highest BCUT2D eigenvalue weighted by Crippen LogP contribution is 2.31. The Morgan fingerprint density at radius 3 is 2.42 bits per heavy atom. The maximum atomic E-state index is 12.9. The van der Waals surface area contributed by atoms with Gasteiger partial charge in [0.2, 0.25) is 0 Å². The molecule has 5 rings (SSSR count). The van der Waals surface area contributed by atoms with Crippen molar-refractivity contribution in [3.05, 3.63) is 87.9 Å². The quantitative estimate of drug-likeness (QED) is 0.319. The van der Waals surface area contributed by atoms with Crippen LogP contribution in [0.15, 0.2) is 71.7 Å². The van der Waals surface area contributed by atoms with Gasteiger partial charge in [-0.2, -0.15) is 4.99 Å². The molecule has 0 radical (unpaired) electrons. The van der Waals surface area contributed by atoms with Gasteiger partial charge in [0.15, 0.2) is 11.0 Å². The van der Waals surface area contributed by atoms with Crippen LogP contribution < -0.4 is 5.43 Å². The molecule has 8 nitrogen and oxygen atoms in total. The van der Waals surface area contributed by atoms with Gasteiger partial charge in [-0.05, 0) is 45.7 Å². The first kappa shape index (κ1) is 24.5. The van der Waals surface area contributed by atoms with Crippen LogP contribution in [0.25, 0.3) is 22.5 Å². The largest absolute Gasteiger partial charge is 0.282 e. The van der Waals surface area contributed by atoms with E-state index in [1.54, 1.807) is 18.2 Å². The van der Waals surface area contributed by atoms with Crippen molar-refractivity contribution in [2.45, 2.75) is 25.3 Å². The molecule has 11 heteroatoms. The highest BCUT2D eigenvalue weighted by molar-refractivity contribution is 8.14. The van der Waals surface area contributed by atoms with Crippen LogP contribution in [0.4, 0.5) is 0 Å². The van der Waals surface area contributed by atoms with E-state index >= 15 is 0 Å². The number of amides is 1. The molecule has 4 aromatic rings. The fourth-order valence-corrected chi connectivity index (χ4v) is 5.39. The fourth-order valence-electron chi connectivity index (χ4n) is 3.85. The minimum Gasteiger partial charge on any atom is -0.281 e. The molecule has 1 aliphatic heterocycles. The van der Waals surface area contributed by atoms with Gasteiger partial charge in [-0.3, -0.25) is 9.80 Å². The number of aromatic amines is 1. The molecular weight excluding hydrogens is 517 g/mol. The molecule has 182 valence electrons. The van der Waals surface area contributed by atoms with Crippen LogP contribution in [0.1, 0.15) is 29.3 Å². The van der Waals surface area contributed by atoms with Crippen LogP contribution in [0, 0.1) is 0 Å². The Kier molecular flexibility index (Phi) is 7.33. The van der Waals surface area contributed by atoms with Crippen molar-refractivity contribution in [2.75, 3.05) is 0 Å². The smallest absolute Gasteiger partial charge is 0.281 e. The number of rotatable bonds is 6. The van der Waals surface area contributed by atoms with Gasteiger partial charge in [-0.15, -0.1) is 5.10 Å². The predicted molar refractivity (Wildman–Crippen MR) is 144 cm³/mol. The molecule has 0 saturated carbocycles. The van der Waals surface area contributed by atoms with Gasteiger partial charge in [-0.1, -0.05) is 96.5 Å². The number of nitrogens with one attached hydrogen (secondary N) is 2. The molecule has 0 aliphatic carbocycles. The second-order valence-electron chi connectivity index (χ2n) is 8.02. The van der Waals surface area contributed by atoms with Gasteiger partial charge in [0.25, 0.3) is 5.91 Å². The third-order valence-electron chi connectivity index (χ3n) is 5.66. The van der Waals surface area contributed by atoms with E-state index in [9.17, 15) is 4.79 Å². The number of carbonyl (C=O) groups excluding carboxylic acids is 1. The number of aromatic nitrogens is 4. The number of hydrogen-bond acceptors (Lipinski definition) is 6. The normalized spacial score (nSPS) is 16.6. The van der Waals surface area contributed by atoms with Gasteiger partial charge < -0.3 is 0 Å². The van der Waals surface area contributed by atoms with Crippen molar-refractivity contribution in [3.63, 3.8) is 0 Å². The summed E-state index contributed by atoms with van der Waals surface area (Å²) >= 11 is 13.9. The van der Waals surface area contributed by atoms with Crippen molar-refractivity contribution >= 4 is 46.0 Å². The summed E-state index contributed by atoms with van der Waals surface area (Å²) in [6.07, 6.45) is 0.868. The minimum atomic E-state index is -0.467. The lowest BCUT2D eigenvalue weighted by atomic mass is 9.98. The fraction of sp³-hybridized carbons (Fsp3) is 0.160. The Labute approximate surface area is 222 Å². The number of thioether (sulfide) groups is 1. The van der Waals surface area contributed by atoms with E-state index in [0.717, 1.165) is 28.7 Å². The summed E-state index contributed by atoms with van der Waals surface area (Å²) in [4.78, 5) is 17.3. The van der Waals surface area contributed by atoms with E-state index in [1.807, 2.05) is 29.3 Å². The Bertz CT molecular complexity index is 1390. The van der Waals surface area contributed by atoms with Crippen molar-refractivity contribution in [1.82, 2.24) is 31.1 Å². The summed E-state index contributed by atoms with van der Waals surface area (Å²) in [5.41, 5.74) is 7.66. The van der Waals surface area contributed by atoms with E-state index in [2.05, 4.69) is 62.2 Å². The van der Waals surface area contributed by atoms with Crippen LogP contribution in [-0.2, 0) is 6.54 Å². The van der Waals surface area contributed by atoms with Gasteiger partial charge >= 0.3 is 0 Å². The maximum absolute atomic E-state index is 12.9. The monoisotopic (exact) mass is 537 g/mol. The molecule has 1 unspecified atom stereocenters. The zero-order chi connectivity index (χ0) is 25.1. The molecule has 0 spiro atoms. The van der Waals surface area contributed by atoms with Gasteiger partial charge in [0, 0.05) is 5.56 Å². The summed E-state index contributed by atoms with van der Waals surface area (Å²) in [5, 5.41) is 17.4. The van der Waals surface area contributed by atoms with Crippen molar-refractivity contribution in [1.29, 1.82) is 0 Å². The van der Waals surface area contributed by atoms with E-state index < -0.39 is 5.91 Å². The van der Waals surface area contributed by atoms with E-state index in [1.165, 1.54) is 11.8 Å². The molecule has 36 heavy (non-hydrogen) atoms. The van der Waals surface area contributed by atoms with Crippen molar-refractivity contribution in [3.8, 4) is 22.5 Å². The van der Waals surface area contributed by atoms with Gasteiger partial charge in [0.05, 0.1) is 27.5 Å². The molecule has 1 fully saturated rings. The summed E-state index contributed by atoms with van der Waals surface area (Å²) in [5.74, 6) is 0.147. The molecule has 1 amide bonds. The highest BCUT2D eigenvalue weighted by atomic mass is 35.5. The number of benzene rings is 3. The maximum Gasteiger partial charge on any atom is 0.282 e. The lowest BCUT2D eigenvalue weighted by molar-refractivity contribution is 0.100. The Morgan fingerprint density at radius 1 is 1.03 bits per heavy atom. The second-order valence-corrected chi connectivity index (χ2v) is 10.0. The lowest BCUT2D eigenvalue weighted by Crippen LogP contribution is -2.37. The van der Waals surface area contributed by atoms with Crippen molar-refractivity contribution in [2.24, 2.45) is 4.99 Å². The molecule has 2 N–H and O–H groups in total. The number of halogens is 2. The summed E-state index contributed by atoms with van der Waals surface area (Å²) in [6.45, 7) is 2.61. The average Bonchev–Trinajstić information content (AvgIpc) is 3.55. The Morgan fingerprint density at radius 2 is 1.75 bits per heavy atom. The first-order chi connectivity index (χ1) is 17.5. The number of amidine groups is 1. The Balaban J connectivity index is 1.38. The van der Waals surface area contributed by atoms with Crippen LogP contribution in [0.2, 0.25) is 10.0 Å². The van der Waals surface area contributed by atoms with E-state index in [0.29, 0.717) is 17.5 Å². The third-order valence-corrected chi connectivity index (χ3v) is 7.53. The molecule has 0 bridgehead atoms. The standard InChI is InChI=1S/C25H21Cl2N7OS/c1-2-21-31-34(25(36-21)28-24(35)22-19(26)8-5-9-20(22)27)14-15-10-12-16(13-11-15)17-6-3-4-7-18(17)23-29-32-33-30-23/h3-13,21,31H,2,14H2,1H3,(H,29,30,32,33). The number of hydrogen-bond donors (Lipinski definition) is 2. The summed E-state index contributed by atoms with van der Waals surface area (Å²) in [7, 11) is 0. The zero-order valence-electron chi connectivity index (χ0n) is 19.2. The summed E-state index contributed by atoms with van der Waals surface area (Å²) in [6, 6.07) is 21.1. The van der Waals surface area contributed by atoms with Crippen LogP contribution in [0.5, 0.6) is 0 Å². The second kappa shape index (κ2) is 10.8. The molecule has 1 aromatic heterocycles. The molecule has 1 atom stereocenters. The zero-order valence-corrected chi connectivity index (χ0v) is 21.5. The Hall–Kier alpha value is -3.24. The highest BCUT2D eigenvalue weighted by Gasteiger charge is 2.29. The lowest BCUT2D eigenvalue weighted by Gasteiger charge is -2.19. The topological polar surface area (TPSA) is 99.2 Å². The minimum absolute atomic E-state index is 0.111. The molecule has 2 heterocycles. The molecular formula is C25H21Cl2N7OS. The number of tetrazole rings is 1. The SMILES string of the molecule is CCC1NN(Cc2ccc(-c3ccccc3-c3nnn[nH]3)cc2)C(=NC(=O)c2c(Cl)cccc2Cl)S1. The van der Waals surface area contributed by atoms with E-state index in [-0.39, 0.29) is 21.0 Å². The van der Waals surface area contributed by atoms with Crippen LogP contribution >= 0.6 is 35.0 Å². The molecule has 1 saturated heterocycles. The first-order valence-corrected chi connectivity index (χ1v) is 12.9.